The molecule has 0 radical (unpaired) electrons. The zero-order chi connectivity index (χ0) is 30.6. The maximum Gasteiger partial charge on any atom is 0.335 e. The number of hydrogen-bond donors (Lipinski definition) is 1. The Morgan fingerprint density at radius 2 is 1.51 bits per heavy atom. The van der Waals surface area contributed by atoms with E-state index in [-0.39, 0.29) is 18.1 Å². The molecule has 4 rings (SSSR count). The summed E-state index contributed by atoms with van der Waals surface area (Å²) in [7, 11) is 1.71. The fourth-order valence-electron chi connectivity index (χ4n) is 7.24. The molecule has 4 nitrogen and oxygen atoms in total. The van der Waals surface area contributed by atoms with Crippen LogP contribution in [0.15, 0.2) is 72.8 Å². The third-order valence-electron chi connectivity index (χ3n) is 9.92. The topological polar surface area (TPSA) is 55.8 Å². The van der Waals surface area contributed by atoms with Gasteiger partial charge in [0, 0.05) is 13.7 Å². The highest BCUT2D eigenvalue weighted by molar-refractivity contribution is 5.87. The number of esters is 1. The molecule has 1 N–H and O–H groups in total. The molecule has 0 aromatic heterocycles. The molecule has 6 heteroatoms. The van der Waals surface area contributed by atoms with Gasteiger partial charge in [-0.3, -0.25) is 0 Å². The lowest BCUT2D eigenvalue weighted by Gasteiger charge is -2.39. The SMILES string of the molecule is C=C(CO)C(=O)OCC(CCOC)C1CCC(C2CCC(c3ccc(-c4ccc(CCC=C(F)F)cc4)cc3)CC2)CC1. The summed E-state index contributed by atoms with van der Waals surface area (Å²) in [5.74, 6) is 2.53. The highest BCUT2D eigenvalue weighted by Crippen LogP contribution is 2.45. The first kappa shape index (κ1) is 33.1. The van der Waals surface area contributed by atoms with Crippen LogP contribution in [-0.2, 0) is 20.7 Å². The minimum Gasteiger partial charge on any atom is -0.462 e. The summed E-state index contributed by atoms with van der Waals surface area (Å²) in [6, 6.07) is 17.3. The van der Waals surface area contributed by atoms with E-state index in [1.807, 2.05) is 12.1 Å². The van der Waals surface area contributed by atoms with Crippen molar-refractivity contribution in [2.75, 3.05) is 26.9 Å². The molecular weight excluding hydrogens is 546 g/mol. The van der Waals surface area contributed by atoms with Crippen LogP contribution in [0.1, 0.15) is 81.3 Å². The monoisotopic (exact) mass is 594 g/mol. The van der Waals surface area contributed by atoms with Crippen LogP contribution in [0.3, 0.4) is 0 Å². The Bertz CT molecular complexity index is 1170. The predicted octanol–water partition coefficient (Wildman–Crippen LogP) is 8.89. The van der Waals surface area contributed by atoms with Crippen molar-refractivity contribution < 1.29 is 28.2 Å². The van der Waals surface area contributed by atoms with E-state index < -0.39 is 12.0 Å². The molecule has 2 saturated carbocycles. The summed E-state index contributed by atoms with van der Waals surface area (Å²) in [6.07, 6.45) is 11.1. The van der Waals surface area contributed by atoms with Gasteiger partial charge in [-0.1, -0.05) is 55.1 Å². The molecule has 0 aliphatic heterocycles. The van der Waals surface area contributed by atoms with Crippen LogP contribution < -0.4 is 0 Å². The largest absolute Gasteiger partial charge is 0.462 e. The smallest absolute Gasteiger partial charge is 0.335 e. The van der Waals surface area contributed by atoms with Crippen molar-refractivity contribution in [1.82, 2.24) is 0 Å². The van der Waals surface area contributed by atoms with Gasteiger partial charge in [-0.15, -0.1) is 0 Å². The number of aryl methyl sites for hydroxylation is 1. The molecule has 2 aromatic rings. The highest BCUT2D eigenvalue weighted by atomic mass is 19.3. The third-order valence-corrected chi connectivity index (χ3v) is 9.92. The maximum absolute atomic E-state index is 12.3. The Balaban J connectivity index is 1.22. The van der Waals surface area contributed by atoms with Gasteiger partial charge in [-0.25, -0.2) is 4.79 Å². The predicted molar refractivity (Wildman–Crippen MR) is 168 cm³/mol. The number of methoxy groups -OCH3 is 1. The van der Waals surface area contributed by atoms with Gasteiger partial charge >= 0.3 is 5.97 Å². The van der Waals surface area contributed by atoms with E-state index in [0.717, 1.165) is 35.5 Å². The zero-order valence-corrected chi connectivity index (χ0v) is 25.6. The number of hydrogen-bond acceptors (Lipinski definition) is 4. The molecule has 2 fully saturated rings. The standard InChI is InChI=1S/C37H48F2O4/c1-26(24-40)37(41)43-25-35(22-23-42-2)34-20-18-33(19-21-34)32-16-14-31(15-17-32)30-12-10-29(11-13-30)28-8-6-27(7-9-28)4-3-5-36(38)39/h5-13,31-35,40H,1,3-4,14-25H2,2H3. The molecule has 0 bridgehead atoms. The van der Waals surface area contributed by atoms with Crippen LogP contribution in [0.2, 0.25) is 0 Å². The van der Waals surface area contributed by atoms with Crippen LogP contribution in [-0.4, -0.2) is 38.0 Å². The summed E-state index contributed by atoms with van der Waals surface area (Å²) in [4.78, 5) is 12.0. The quantitative estimate of drug-likeness (QED) is 0.175. The van der Waals surface area contributed by atoms with E-state index in [9.17, 15) is 13.6 Å². The van der Waals surface area contributed by atoms with Crippen molar-refractivity contribution in [3.8, 4) is 11.1 Å². The Hall–Kier alpha value is -2.83. The number of halogens is 2. The molecule has 1 unspecified atom stereocenters. The van der Waals surface area contributed by atoms with E-state index in [1.165, 1.54) is 62.5 Å². The summed E-state index contributed by atoms with van der Waals surface area (Å²) >= 11 is 0. The van der Waals surface area contributed by atoms with Gasteiger partial charge in [0.1, 0.15) is 0 Å². The second-order valence-corrected chi connectivity index (χ2v) is 12.5. The van der Waals surface area contributed by atoms with Gasteiger partial charge < -0.3 is 14.6 Å². The second kappa shape index (κ2) is 16.9. The number of carbonyl (C=O) groups is 1. The van der Waals surface area contributed by atoms with Gasteiger partial charge in [0.15, 0.2) is 0 Å². The Morgan fingerprint density at radius 3 is 2.07 bits per heavy atom. The molecule has 43 heavy (non-hydrogen) atoms. The molecule has 0 amide bonds. The first-order chi connectivity index (χ1) is 20.9. The van der Waals surface area contributed by atoms with Gasteiger partial charge in [-0.2, -0.15) is 8.78 Å². The lowest BCUT2D eigenvalue weighted by atomic mass is 9.66. The molecule has 234 valence electrons. The highest BCUT2D eigenvalue weighted by Gasteiger charge is 2.34. The van der Waals surface area contributed by atoms with Gasteiger partial charge in [0.2, 0.25) is 0 Å². The first-order valence-corrected chi connectivity index (χ1v) is 16.0. The van der Waals surface area contributed by atoms with E-state index in [1.54, 1.807) is 7.11 Å². The van der Waals surface area contributed by atoms with Crippen LogP contribution in [0.25, 0.3) is 11.1 Å². The van der Waals surface area contributed by atoms with Gasteiger partial charge in [0.25, 0.3) is 6.08 Å². The van der Waals surface area contributed by atoms with E-state index in [0.29, 0.717) is 37.9 Å². The van der Waals surface area contributed by atoms with Crippen molar-refractivity contribution >= 4 is 5.97 Å². The average Bonchev–Trinajstić information content (AvgIpc) is 3.05. The van der Waals surface area contributed by atoms with E-state index >= 15 is 0 Å². The number of allylic oxidation sites excluding steroid dienone is 1. The van der Waals surface area contributed by atoms with Gasteiger partial charge in [0.05, 0.1) is 18.8 Å². The molecule has 0 heterocycles. The average molecular weight is 595 g/mol. The normalized spacial score (nSPS) is 22.9. The van der Waals surface area contributed by atoms with Crippen molar-refractivity contribution in [3.05, 3.63) is 84.0 Å². The van der Waals surface area contributed by atoms with Crippen LogP contribution in [0, 0.1) is 23.7 Å². The summed E-state index contributed by atoms with van der Waals surface area (Å²) in [5.41, 5.74) is 4.95. The molecule has 0 saturated heterocycles. The van der Waals surface area contributed by atoms with Crippen LogP contribution >= 0.6 is 0 Å². The summed E-state index contributed by atoms with van der Waals surface area (Å²) < 4.78 is 35.4. The molecule has 2 aliphatic carbocycles. The second-order valence-electron chi connectivity index (χ2n) is 12.5. The lowest BCUT2D eigenvalue weighted by molar-refractivity contribution is -0.141. The van der Waals surface area contributed by atoms with Crippen molar-refractivity contribution in [3.63, 3.8) is 0 Å². The number of rotatable bonds is 14. The molecule has 2 aliphatic rings. The molecule has 2 aromatic carbocycles. The lowest BCUT2D eigenvalue weighted by Crippen LogP contribution is -2.30. The van der Waals surface area contributed by atoms with Crippen molar-refractivity contribution in [2.45, 2.75) is 76.5 Å². The number of benzene rings is 2. The summed E-state index contributed by atoms with van der Waals surface area (Å²) in [6.45, 7) is 4.23. The van der Waals surface area contributed by atoms with Crippen molar-refractivity contribution in [1.29, 1.82) is 0 Å². The van der Waals surface area contributed by atoms with E-state index in [2.05, 4.69) is 43.0 Å². The number of ether oxygens (including phenoxy) is 2. The van der Waals surface area contributed by atoms with Gasteiger partial charge in [-0.05, 0) is 129 Å². The number of carbonyl (C=O) groups excluding carboxylic acids is 1. The minimum atomic E-state index is -1.61. The van der Waals surface area contributed by atoms with E-state index in [4.69, 9.17) is 14.6 Å². The van der Waals surface area contributed by atoms with Crippen LogP contribution in [0.5, 0.6) is 0 Å². The van der Waals surface area contributed by atoms with Crippen LogP contribution in [0.4, 0.5) is 8.78 Å². The molecule has 1 atom stereocenters. The number of aliphatic hydroxyl groups is 1. The third kappa shape index (κ3) is 9.84. The summed E-state index contributed by atoms with van der Waals surface area (Å²) in [5, 5.41) is 9.15. The zero-order valence-electron chi connectivity index (χ0n) is 25.6. The molecule has 0 spiro atoms. The Kier molecular flexibility index (Phi) is 13.0. The minimum absolute atomic E-state index is 0.104. The fourth-order valence-corrected chi connectivity index (χ4v) is 7.24. The first-order valence-electron chi connectivity index (χ1n) is 16.0. The van der Waals surface area contributed by atoms with Crippen molar-refractivity contribution in [2.24, 2.45) is 23.7 Å². The Labute approximate surface area is 256 Å². The maximum atomic E-state index is 12.3. The number of aliphatic hydroxyl groups excluding tert-OH is 1. The Morgan fingerprint density at radius 1 is 0.930 bits per heavy atom. The fraction of sp³-hybridized carbons (Fsp3) is 0.541. The molecular formula is C37H48F2O4.